The number of benzene rings is 2. The highest BCUT2D eigenvalue weighted by atomic mass is 15.2. The second-order valence-electron chi connectivity index (χ2n) is 6.44. The fourth-order valence-corrected chi connectivity index (χ4v) is 2.66. The van der Waals surface area contributed by atoms with Crippen LogP contribution >= 0.6 is 0 Å². The fraction of sp³-hybridized carbons (Fsp3) is 0.273. The van der Waals surface area contributed by atoms with Crippen molar-refractivity contribution in [1.82, 2.24) is 9.97 Å². The van der Waals surface area contributed by atoms with Crippen molar-refractivity contribution in [3.05, 3.63) is 72.3 Å². The van der Waals surface area contributed by atoms with Gasteiger partial charge in [0.25, 0.3) is 0 Å². The lowest BCUT2D eigenvalue weighted by atomic mass is 10.1. The molecule has 4 nitrogen and oxygen atoms in total. The molecule has 0 aliphatic rings. The molecule has 0 aliphatic heterocycles. The molecule has 0 bridgehead atoms. The second kappa shape index (κ2) is 8.99. The molecule has 0 saturated heterocycles. The molecule has 3 aromatic rings. The summed E-state index contributed by atoms with van der Waals surface area (Å²) < 4.78 is 0. The van der Waals surface area contributed by atoms with E-state index in [2.05, 4.69) is 65.9 Å². The molecule has 2 aromatic carbocycles. The first-order valence-electron chi connectivity index (χ1n) is 9.23. The highest BCUT2D eigenvalue weighted by Gasteiger charge is 2.08. The lowest BCUT2D eigenvalue weighted by Gasteiger charge is -2.14. The van der Waals surface area contributed by atoms with Gasteiger partial charge in [0.05, 0.1) is 5.69 Å². The molecule has 0 fully saturated rings. The first-order valence-corrected chi connectivity index (χ1v) is 9.23. The van der Waals surface area contributed by atoms with E-state index in [9.17, 15) is 0 Å². The molecular formula is C22H26N4. The lowest BCUT2D eigenvalue weighted by molar-refractivity contribution is 0.753. The summed E-state index contributed by atoms with van der Waals surface area (Å²) in [7, 11) is 0. The van der Waals surface area contributed by atoms with Crippen LogP contribution in [0.5, 0.6) is 0 Å². The topological polar surface area (TPSA) is 49.8 Å². The normalized spacial score (nSPS) is 11.8. The van der Waals surface area contributed by atoms with Crippen LogP contribution in [0.1, 0.15) is 25.8 Å². The minimum atomic E-state index is 0.332. The van der Waals surface area contributed by atoms with Crippen LogP contribution in [0.2, 0.25) is 0 Å². The zero-order valence-corrected chi connectivity index (χ0v) is 15.4. The summed E-state index contributed by atoms with van der Waals surface area (Å²) in [4.78, 5) is 9.34. The minimum Gasteiger partial charge on any atom is -0.370 e. The standard InChI is InChI=1S/C22H26N4/c1-3-17(2)24-22-25-20(19-12-8-5-9-13-19)16-21(26-22)23-15-14-18-10-6-4-7-11-18/h4-13,16-17H,3,14-15H2,1-2H3,(H2,23,24,25,26). The molecule has 134 valence electrons. The molecule has 2 N–H and O–H groups in total. The molecule has 1 heterocycles. The number of hydrogen-bond acceptors (Lipinski definition) is 4. The molecule has 0 amide bonds. The predicted octanol–water partition coefficient (Wildman–Crippen LogP) is 5.01. The van der Waals surface area contributed by atoms with Crippen molar-refractivity contribution in [3.63, 3.8) is 0 Å². The van der Waals surface area contributed by atoms with Crippen LogP contribution in [0.3, 0.4) is 0 Å². The van der Waals surface area contributed by atoms with Crippen LogP contribution in [0, 0.1) is 0 Å². The number of hydrogen-bond donors (Lipinski definition) is 2. The van der Waals surface area contributed by atoms with Gasteiger partial charge in [0, 0.05) is 24.2 Å². The van der Waals surface area contributed by atoms with Crippen molar-refractivity contribution in [1.29, 1.82) is 0 Å². The van der Waals surface area contributed by atoms with E-state index in [4.69, 9.17) is 4.98 Å². The molecular weight excluding hydrogens is 320 g/mol. The van der Waals surface area contributed by atoms with Gasteiger partial charge in [-0.1, -0.05) is 67.6 Å². The van der Waals surface area contributed by atoms with Crippen molar-refractivity contribution in [3.8, 4) is 11.3 Å². The zero-order chi connectivity index (χ0) is 18.2. The maximum Gasteiger partial charge on any atom is 0.225 e. The van der Waals surface area contributed by atoms with Crippen LogP contribution in [0.25, 0.3) is 11.3 Å². The van der Waals surface area contributed by atoms with Crippen LogP contribution in [0.4, 0.5) is 11.8 Å². The van der Waals surface area contributed by atoms with E-state index in [1.54, 1.807) is 0 Å². The van der Waals surface area contributed by atoms with Gasteiger partial charge in [0.15, 0.2) is 0 Å². The molecule has 3 rings (SSSR count). The van der Waals surface area contributed by atoms with Gasteiger partial charge >= 0.3 is 0 Å². The monoisotopic (exact) mass is 346 g/mol. The molecule has 1 unspecified atom stereocenters. The number of aromatic nitrogens is 2. The Bertz CT molecular complexity index is 803. The highest BCUT2D eigenvalue weighted by Crippen LogP contribution is 2.21. The van der Waals surface area contributed by atoms with Crippen LogP contribution < -0.4 is 10.6 Å². The number of nitrogens with zero attached hydrogens (tertiary/aromatic N) is 2. The minimum absolute atomic E-state index is 0.332. The third-order valence-corrected chi connectivity index (χ3v) is 4.35. The van der Waals surface area contributed by atoms with Crippen molar-refractivity contribution < 1.29 is 0 Å². The third-order valence-electron chi connectivity index (χ3n) is 4.35. The fourth-order valence-electron chi connectivity index (χ4n) is 2.66. The lowest BCUT2D eigenvalue weighted by Crippen LogP contribution is -2.17. The predicted molar refractivity (Wildman–Crippen MR) is 109 cm³/mol. The van der Waals surface area contributed by atoms with Crippen LogP contribution in [-0.2, 0) is 6.42 Å². The largest absolute Gasteiger partial charge is 0.370 e. The van der Waals surface area contributed by atoms with E-state index < -0.39 is 0 Å². The molecule has 0 saturated carbocycles. The van der Waals surface area contributed by atoms with Crippen molar-refractivity contribution >= 4 is 11.8 Å². The van der Waals surface area contributed by atoms with Crippen molar-refractivity contribution in [2.75, 3.05) is 17.2 Å². The number of anilines is 2. The Morgan fingerprint density at radius 2 is 1.62 bits per heavy atom. The van der Waals surface area contributed by atoms with Gasteiger partial charge in [-0.2, -0.15) is 4.98 Å². The third kappa shape index (κ3) is 5.06. The van der Waals surface area contributed by atoms with E-state index >= 15 is 0 Å². The number of nitrogens with one attached hydrogen (secondary N) is 2. The molecule has 4 heteroatoms. The molecule has 0 spiro atoms. The van der Waals surface area contributed by atoms with Crippen molar-refractivity contribution in [2.45, 2.75) is 32.7 Å². The smallest absolute Gasteiger partial charge is 0.225 e. The maximum atomic E-state index is 4.70. The summed E-state index contributed by atoms with van der Waals surface area (Å²) in [5.74, 6) is 1.52. The Labute approximate surface area is 155 Å². The van der Waals surface area contributed by atoms with E-state index in [0.29, 0.717) is 12.0 Å². The summed E-state index contributed by atoms with van der Waals surface area (Å²) in [5.41, 5.74) is 3.33. The Morgan fingerprint density at radius 3 is 2.31 bits per heavy atom. The van der Waals surface area contributed by atoms with Crippen LogP contribution in [-0.4, -0.2) is 22.6 Å². The van der Waals surface area contributed by atoms with E-state index in [1.807, 2.05) is 30.3 Å². The van der Waals surface area contributed by atoms with Gasteiger partial charge in [0.1, 0.15) is 5.82 Å². The SMILES string of the molecule is CCC(C)Nc1nc(NCCc2ccccc2)cc(-c2ccccc2)n1. The van der Waals surface area contributed by atoms with E-state index in [0.717, 1.165) is 36.5 Å². The Morgan fingerprint density at radius 1 is 0.923 bits per heavy atom. The quantitative estimate of drug-likeness (QED) is 0.602. The summed E-state index contributed by atoms with van der Waals surface area (Å²) in [6, 6.07) is 23.0. The zero-order valence-electron chi connectivity index (χ0n) is 15.4. The summed E-state index contributed by atoms with van der Waals surface area (Å²) in [6.45, 7) is 5.12. The second-order valence-corrected chi connectivity index (χ2v) is 6.44. The highest BCUT2D eigenvalue weighted by molar-refractivity contribution is 5.64. The van der Waals surface area contributed by atoms with Crippen molar-refractivity contribution in [2.24, 2.45) is 0 Å². The first kappa shape index (κ1) is 17.9. The number of rotatable bonds is 8. The van der Waals surface area contributed by atoms with Gasteiger partial charge in [-0.15, -0.1) is 0 Å². The summed E-state index contributed by atoms with van der Waals surface area (Å²) in [5, 5.41) is 6.83. The van der Waals surface area contributed by atoms with Gasteiger partial charge in [-0.25, -0.2) is 4.98 Å². The van der Waals surface area contributed by atoms with Gasteiger partial charge in [-0.05, 0) is 25.3 Å². The van der Waals surface area contributed by atoms with Crippen LogP contribution in [0.15, 0.2) is 66.7 Å². The van der Waals surface area contributed by atoms with Gasteiger partial charge in [0.2, 0.25) is 5.95 Å². The summed E-state index contributed by atoms with van der Waals surface area (Å²) in [6.07, 6.45) is 1.98. The average Bonchev–Trinajstić information content (AvgIpc) is 2.69. The molecule has 1 aromatic heterocycles. The first-order chi connectivity index (χ1) is 12.7. The Kier molecular flexibility index (Phi) is 6.20. The van der Waals surface area contributed by atoms with Gasteiger partial charge < -0.3 is 10.6 Å². The molecule has 0 aliphatic carbocycles. The molecule has 1 atom stereocenters. The summed E-state index contributed by atoms with van der Waals surface area (Å²) >= 11 is 0. The van der Waals surface area contributed by atoms with Gasteiger partial charge in [-0.3, -0.25) is 0 Å². The molecule has 0 radical (unpaired) electrons. The Balaban J connectivity index is 1.77. The average molecular weight is 346 g/mol. The maximum absolute atomic E-state index is 4.70. The van der Waals surface area contributed by atoms with E-state index in [1.165, 1.54) is 5.56 Å². The molecule has 26 heavy (non-hydrogen) atoms. The Hall–Kier alpha value is -2.88. The van der Waals surface area contributed by atoms with E-state index in [-0.39, 0.29) is 0 Å².